The number of hydrogen-bond donors (Lipinski definition) is 1. The minimum Gasteiger partial charge on any atom is -0.484 e. The summed E-state index contributed by atoms with van der Waals surface area (Å²) >= 11 is 6.04. The van der Waals surface area contributed by atoms with Gasteiger partial charge in [-0.15, -0.1) is 0 Å². The van der Waals surface area contributed by atoms with Crippen molar-refractivity contribution in [1.82, 2.24) is 10.2 Å². The van der Waals surface area contributed by atoms with Crippen molar-refractivity contribution in [2.24, 2.45) is 5.92 Å². The first-order chi connectivity index (χ1) is 14.7. The highest BCUT2D eigenvalue weighted by Crippen LogP contribution is 2.21. The van der Waals surface area contributed by atoms with Crippen LogP contribution in [0.5, 0.6) is 5.75 Å². The molecule has 0 unspecified atom stereocenters. The predicted molar refractivity (Wildman–Crippen MR) is 121 cm³/mol. The molecule has 31 heavy (non-hydrogen) atoms. The lowest BCUT2D eigenvalue weighted by Crippen LogP contribution is -2.50. The number of nitrogens with zero attached hydrogens (tertiary/aromatic N) is 1. The molecule has 0 aliphatic carbocycles. The Labute approximate surface area is 188 Å². The molecule has 0 aliphatic rings. The average Bonchev–Trinajstić information content (AvgIpc) is 2.74. The molecular weight excluding hydrogens is 419 g/mol. The largest absolute Gasteiger partial charge is 0.484 e. The molecule has 0 radical (unpaired) electrons. The lowest BCUT2D eigenvalue weighted by Gasteiger charge is -2.30. The molecule has 168 valence electrons. The zero-order valence-corrected chi connectivity index (χ0v) is 19.2. The number of hydrogen-bond acceptors (Lipinski definition) is 3. The fraction of sp³-hybridized carbons (Fsp3) is 0.417. The zero-order valence-electron chi connectivity index (χ0n) is 18.5. The number of aryl methyl sites for hydroxylation is 1. The van der Waals surface area contributed by atoms with Crippen molar-refractivity contribution >= 4 is 23.4 Å². The molecule has 0 spiro atoms. The molecule has 2 rings (SSSR count). The molecule has 0 aliphatic heterocycles. The van der Waals surface area contributed by atoms with Gasteiger partial charge in [-0.05, 0) is 60.7 Å². The maximum Gasteiger partial charge on any atom is 0.261 e. The van der Waals surface area contributed by atoms with E-state index in [9.17, 15) is 14.0 Å². The first-order valence-electron chi connectivity index (χ1n) is 10.4. The topological polar surface area (TPSA) is 58.6 Å². The molecule has 1 atom stereocenters. The fourth-order valence-corrected chi connectivity index (χ4v) is 3.18. The van der Waals surface area contributed by atoms with Gasteiger partial charge in [0.05, 0.1) is 0 Å². The standard InChI is InChI=1S/C24H30ClFN2O3/c1-5-22(24(30)27-13-16(2)3)28(14-18-6-8-19(26)9-7-18)23(29)15-31-20-10-11-21(25)17(4)12-20/h6-12,16,22H,5,13-15H2,1-4H3,(H,27,30)/t22-/m1/s1. The predicted octanol–water partition coefficient (Wildman–Crippen LogP) is 4.75. The van der Waals surface area contributed by atoms with E-state index in [4.69, 9.17) is 16.3 Å². The Balaban J connectivity index is 2.19. The van der Waals surface area contributed by atoms with Crippen LogP contribution < -0.4 is 10.1 Å². The molecule has 0 fully saturated rings. The SMILES string of the molecule is CC[C@H](C(=O)NCC(C)C)N(Cc1ccc(F)cc1)C(=O)COc1ccc(Cl)c(C)c1. The maximum atomic E-state index is 13.3. The van der Waals surface area contributed by atoms with Crippen LogP contribution in [0.15, 0.2) is 42.5 Å². The second kappa shape index (κ2) is 11.7. The Bertz CT molecular complexity index is 887. The van der Waals surface area contributed by atoms with Crippen LogP contribution in [0.25, 0.3) is 0 Å². The Hall–Kier alpha value is -2.60. The first kappa shape index (κ1) is 24.7. The third kappa shape index (κ3) is 7.55. The molecule has 5 nitrogen and oxygen atoms in total. The number of carbonyl (C=O) groups excluding carboxylic acids is 2. The number of rotatable bonds is 10. The van der Waals surface area contributed by atoms with Gasteiger partial charge in [0.1, 0.15) is 17.6 Å². The molecule has 0 saturated heterocycles. The van der Waals surface area contributed by atoms with Crippen molar-refractivity contribution in [1.29, 1.82) is 0 Å². The second-order valence-corrected chi connectivity index (χ2v) is 8.32. The van der Waals surface area contributed by atoms with E-state index in [0.29, 0.717) is 29.7 Å². The van der Waals surface area contributed by atoms with E-state index < -0.39 is 6.04 Å². The van der Waals surface area contributed by atoms with Crippen molar-refractivity contribution in [2.75, 3.05) is 13.2 Å². The van der Waals surface area contributed by atoms with E-state index in [0.717, 1.165) is 11.1 Å². The summed E-state index contributed by atoms with van der Waals surface area (Å²) in [6.07, 6.45) is 0.441. The molecule has 2 aromatic carbocycles. The molecular formula is C24H30ClFN2O3. The van der Waals surface area contributed by atoms with Crippen molar-refractivity contribution in [2.45, 2.75) is 46.7 Å². The summed E-state index contributed by atoms with van der Waals surface area (Å²) in [4.78, 5) is 27.4. The summed E-state index contributed by atoms with van der Waals surface area (Å²) in [5.41, 5.74) is 1.57. The van der Waals surface area contributed by atoms with E-state index in [1.54, 1.807) is 30.3 Å². The average molecular weight is 449 g/mol. The number of carbonyl (C=O) groups is 2. The van der Waals surface area contributed by atoms with Crippen LogP contribution >= 0.6 is 11.6 Å². The van der Waals surface area contributed by atoms with Gasteiger partial charge < -0.3 is 15.0 Å². The zero-order chi connectivity index (χ0) is 23.0. The Morgan fingerprint density at radius 1 is 1.16 bits per heavy atom. The summed E-state index contributed by atoms with van der Waals surface area (Å²) in [6, 6.07) is 10.4. The number of amides is 2. The molecule has 1 N–H and O–H groups in total. The molecule has 7 heteroatoms. The van der Waals surface area contributed by atoms with Crippen molar-refractivity contribution in [3.63, 3.8) is 0 Å². The van der Waals surface area contributed by atoms with Gasteiger partial charge in [0, 0.05) is 18.1 Å². The highest BCUT2D eigenvalue weighted by molar-refractivity contribution is 6.31. The Morgan fingerprint density at radius 3 is 2.42 bits per heavy atom. The normalized spacial score (nSPS) is 11.8. The van der Waals surface area contributed by atoms with E-state index in [1.165, 1.54) is 17.0 Å². The van der Waals surface area contributed by atoms with E-state index in [1.807, 2.05) is 27.7 Å². The van der Waals surface area contributed by atoms with E-state index >= 15 is 0 Å². The minimum absolute atomic E-state index is 0.176. The van der Waals surface area contributed by atoms with Crippen LogP contribution in [0.4, 0.5) is 4.39 Å². The van der Waals surface area contributed by atoms with Crippen LogP contribution in [0, 0.1) is 18.7 Å². The Kier molecular flexibility index (Phi) is 9.31. The third-order valence-corrected chi connectivity index (χ3v) is 5.25. The summed E-state index contributed by atoms with van der Waals surface area (Å²) in [5.74, 6) is -0.0873. The molecule has 0 bridgehead atoms. The summed E-state index contributed by atoms with van der Waals surface area (Å²) < 4.78 is 19.0. The lowest BCUT2D eigenvalue weighted by atomic mass is 10.1. The van der Waals surface area contributed by atoms with Gasteiger partial charge in [0.25, 0.3) is 5.91 Å². The summed E-state index contributed by atoms with van der Waals surface area (Å²) in [7, 11) is 0. The van der Waals surface area contributed by atoms with Gasteiger partial charge in [-0.1, -0.05) is 44.5 Å². The Morgan fingerprint density at radius 2 is 1.84 bits per heavy atom. The highest BCUT2D eigenvalue weighted by atomic mass is 35.5. The van der Waals surface area contributed by atoms with Gasteiger partial charge in [-0.25, -0.2) is 4.39 Å². The lowest BCUT2D eigenvalue weighted by molar-refractivity contribution is -0.143. The van der Waals surface area contributed by atoms with E-state index in [-0.39, 0.29) is 30.8 Å². The monoisotopic (exact) mass is 448 g/mol. The maximum absolute atomic E-state index is 13.3. The van der Waals surface area contributed by atoms with Crippen LogP contribution in [-0.2, 0) is 16.1 Å². The molecule has 2 amide bonds. The quantitative estimate of drug-likeness (QED) is 0.570. The highest BCUT2D eigenvalue weighted by Gasteiger charge is 2.29. The number of halogens is 2. The molecule has 0 saturated carbocycles. The fourth-order valence-electron chi connectivity index (χ4n) is 3.06. The van der Waals surface area contributed by atoms with Gasteiger partial charge in [-0.3, -0.25) is 9.59 Å². The van der Waals surface area contributed by atoms with Crippen molar-refractivity contribution < 1.29 is 18.7 Å². The minimum atomic E-state index is -0.660. The third-order valence-electron chi connectivity index (χ3n) is 4.83. The van der Waals surface area contributed by atoms with Crippen LogP contribution in [0.1, 0.15) is 38.3 Å². The van der Waals surface area contributed by atoms with E-state index in [2.05, 4.69) is 5.32 Å². The molecule has 0 aromatic heterocycles. The number of nitrogens with one attached hydrogen (secondary N) is 1. The van der Waals surface area contributed by atoms with Crippen LogP contribution in [-0.4, -0.2) is 35.9 Å². The molecule has 0 heterocycles. The van der Waals surface area contributed by atoms with Gasteiger partial charge in [0.15, 0.2) is 6.61 Å². The number of benzene rings is 2. The first-order valence-corrected chi connectivity index (χ1v) is 10.8. The van der Waals surface area contributed by atoms with Gasteiger partial charge in [0.2, 0.25) is 5.91 Å². The second-order valence-electron chi connectivity index (χ2n) is 7.91. The smallest absolute Gasteiger partial charge is 0.261 e. The van der Waals surface area contributed by atoms with Gasteiger partial charge >= 0.3 is 0 Å². The van der Waals surface area contributed by atoms with Crippen molar-refractivity contribution in [3.05, 3.63) is 64.4 Å². The van der Waals surface area contributed by atoms with Crippen LogP contribution in [0.3, 0.4) is 0 Å². The molecule has 2 aromatic rings. The summed E-state index contributed by atoms with van der Waals surface area (Å²) in [5, 5.41) is 3.52. The van der Waals surface area contributed by atoms with Crippen molar-refractivity contribution in [3.8, 4) is 5.75 Å². The van der Waals surface area contributed by atoms with Gasteiger partial charge in [-0.2, -0.15) is 0 Å². The number of ether oxygens (including phenoxy) is 1. The van der Waals surface area contributed by atoms with Crippen LogP contribution in [0.2, 0.25) is 5.02 Å². The summed E-state index contributed by atoms with van der Waals surface area (Å²) in [6.45, 7) is 8.19.